The molecule has 0 bridgehead atoms. The molecule has 0 unspecified atom stereocenters. The van der Waals surface area contributed by atoms with Gasteiger partial charge in [-0.1, -0.05) is 19.9 Å². The lowest BCUT2D eigenvalue weighted by Crippen LogP contribution is -2.47. The maximum Gasteiger partial charge on any atom is 0.309 e. The minimum absolute atomic E-state index is 0.0872. The Morgan fingerprint density at radius 1 is 1.07 bits per heavy atom. The third-order valence-electron chi connectivity index (χ3n) is 5.54. The van der Waals surface area contributed by atoms with Gasteiger partial charge in [0.15, 0.2) is 11.5 Å². The van der Waals surface area contributed by atoms with Crippen LogP contribution in [-0.2, 0) is 14.3 Å². The Morgan fingerprint density at radius 2 is 1.77 bits per heavy atom. The summed E-state index contributed by atoms with van der Waals surface area (Å²) in [4.78, 5) is 28.9. The number of morpholine rings is 1. The van der Waals surface area contributed by atoms with Crippen molar-refractivity contribution in [2.75, 3.05) is 65.8 Å². The number of fused-ring (bicyclic) bond motifs is 1. The Hall–Kier alpha value is -2.36. The number of rotatable bonds is 9. The second kappa shape index (κ2) is 11.1. The molecule has 0 aliphatic carbocycles. The number of likely N-dealkylation sites (N-methyl/N-ethyl adjacent to an activating group) is 1. The molecule has 2 aliphatic rings. The predicted molar refractivity (Wildman–Crippen MR) is 112 cm³/mol. The Kier molecular flexibility index (Phi) is 8.30. The molecule has 0 aromatic heterocycles. The third-order valence-corrected chi connectivity index (χ3v) is 5.54. The van der Waals surface area contributed by atoms with Crippen LogP contribution in [-0.4, -0.2) is 87.4 Å². The molecular formula is C21H32N4O5. The van der Waals surface area contributed by atoms with E-state index in [1.54, 1.807) is 0 Å². The lowest BCUT2D eigenvalue weighted by molar-refractivity contribution is -0.139. The number of ether oxygens (including phenoxy) is 3. The van der Waals surface area contributed by atoms with E-state index >= 15 is 0 Å². The number of carbonyl (C=O) groups excluding carboxylic acids is 2. The summed E-state index contributed by atoms with van der Waals surface area (Å²) in [5.74, 6) is 0.199. The fourth-order valence-corrected chi connectivity index (χ4v) is 3.68. The molecule has 1 saturated heterocycles. The number of hydrogen-bond donors (Lipinski definition) is 2. The first-order chi connectivity index (χ1) is 14.6. The Labute approximate surface area is 177 Å². The van der Waals surface area contributed by atoms with Crippen LogP contribution >= 0.6 is 0 Å². The van der Waals surface area contributed by atoms with Crippen LogP contribution < -0.4 is 20.1 Å². The molecule has 0 spiro atoms. The van der Waals surface area contributed by atoms with E-state index in [2.05, 4.69) is 34.3 Å². The monoisotopic (exact) mass is 420 g/mol. The van der Waals surface area contributed by atoms with Crippen LogP contribution in [0.2, 0.25) is 0 Å². The van der Waals surface area contributed by atoms with Gasteiger partial charge in [0, 0.05) is 32.7 Å². The van der Waals surface area contributed by atoms with Gasteiger partial charge in [-0.2, -0.15) is 0 Å². The van der Waals surface area contributed by atoms with E-state index in [4.69, 9.17) is 14.2 Å². The number of hydrogen-bond acceptors (Lipinski definition) is 7. The number of nitrogens with zero attached hydrogens (tertiary/aromatic N) is 2. The SMILES string of the molecule is CCN(CC)CCNC(=O)C(=O)NC[C@H](c1ccc2c(c1)OCO2)N1CCOCC1. The molecule has 1 aromatic rings. The molecular weight excluding hydrogens is 388 g/mol. The molecule has 166 valence electrons. The maximum absolute atomic E-state index is 12.3. The fourth-order valence-electron chi connectivity index (χ4n) is 3.68. The van der Waals surface area contributed by atoms with E-state index in [0.717, 1.165) is 44.0 Å². The normalized spacial score (nSPS) is 17.0. The van der Waals surface area contributed by atoms with Gasteiger partial charge < -0.3 is 29.7 Å². The van der Waals surface area contributed by atoms with Crippen molar-refractivity contribution in [1.29, 1.82) is 0 Å². The van der Waals surface area contributed by atoms with E-state index in [0.29, 0.717) is 32.1 Å². The molecule has 2 heterocycles. The van der Waals surface area contributed by atoms with Gasteiger partial charge in [-0.05, 0) is 30.8 Å². The zero-order valence-electron chi connectivity index (χ0n) is 17.8. The molecule has 1 atom stereocenters. The highest BCUT2D eigenvalue weighted by Crippen LogP contribution is 2.35. The Bertz CT molecular complexity index is 719. The van der Waals surface area contributed by atoms with Crippen LogP contribution in [0.25, 0.3) is 0 Å². The van der Waals surface area contributed by atoms with Gasteiger partial charge in [0.25, 0.3) is 0 Å². The van der Waals surface area contributed by atoms with Gasteiger partial charge in [-0.3, -0.25) is 14.5 Å². The van der Waals surface area contributed by atoms with Crippen LogP contribution in [0.3, 0.4) is 0 Å². The van der Waals surface area contributed by atoms with Crippen molar-refractivity contribution in [1.82, 2.24) is 20.4 Å². The lowest BCUT2D eigenvalue weighted by atomic mass is 10.0. The number of benzene rings is 1. The fraction of sp³-hybridized carbons (Fsp3) is 0.619. The quantitative estimate of drug-likeness (QED) is 0.558. The molecule has 2 amide bonds. The van der Waals surface area contributed by atoms with Gasteiger partial charge in [0.05, 0.1) is 19.3 Å². The van der Waals surface area contributed by atoms with Crippen LogP contribution in [0.4, 0.5) is 0 Å². The minimum Gasteiger partial charge on any atom is -0.454 e. The summed E-state index contributed by atoms with van der Waals surface area (Å²) in [6.07, 6.45) is 0. The van der Waals surface area contributed by atoms with Crippen LogP contribution in [0.15, 0.2) is 18.2 Å². The highest BCUT2D eigenvalue weighted by molar-refractivity contribution is 6.35. The summed E-state index contributed by atoms with van der Waals surface area (Å²) < 4.78 is 16.4. The van der Waals surface area contributed by atoms with Crippen molar-refractivity contribution >= 4 is 11.8 Å². The second-order valence-electron chi connectivity index (χ2n) is 7.27. The van der Waals surface area contributed by atoms with Crippen molar-refractivity contribution in [3.63, 3.8) is 0 Å². The van der Waals surface area contributed by atoms with E-state index in [-0.39, 0.29) is 12.8 Å². The van der Waals surface area contributed by atoms with E-state index in [9.17, 15) is 9.59 Å². The minimum atomic E-state index is -0.617. The summed E-state index contributed by atoms with van der Waals surface area (Å²) in [5.41, 5.74) is 1.00. The van der Waals surface area contributed by atoms with Crippen molar-refractivity contribution in [2.24, 2.45) is 0 Å². The van der Waals surface area contributed by atoms with E-state index < -0.39 is 11.8 Å². The zero-order valence-corrected chi connectivity index (χ0v) is 17.8. The van der Waals surface area contributed by atoms with Gasteiger partial charge in [0.2, 0.25) is 6.79 Å². The van der Waals surface area contributed by atoms with Crippen LogP contribution in [0.5, 0.6) is 11.5 Å². The van der Waals surface area contributed by atoms with Crippen LogP contribution in [0, 0.1) is 0 Å². The molecule has 2 aliphatic heterocycles. The summed E-state index contributed by atoms with van der Waals surface area (Å²) in [5, 5.41) is 5.49. The van der Waals surface area contributed by atoms with E-state index in [1.807, 2.05) is 18.2 Å². The molecule has 9 nitrogen and oxygen atoms in total. The van der Waals surface area contributed by atoms with Gasteiger partial charge in [-0.15, -0.1) is 0 Å². The molecule has 30 heavy (non-hydrogen) atoms. The molecule has 0 saturated carbocycles. The summed E-state index contributed by atoms with van der Waals surface area (Å²) in [6.45, 7) is 10.5. The summed E-state index contributed by atoms with van der Waals surface area (Å²) in [6, 6.07) is 5.71. The zero-order chi connectivity index (χ0) is 21.3. The topological polar surface area (TPSA) is 92.4 Å². The van der Waals surface area contributed by atoms with Gasteiger partial charge in [0.1, 0.15) is 0 Å². The molecule has 9 heteroatoms. The van der Waals surface area contributed by atoms with Crippen LogP contribution in [0.1, 0.15) is 25.5 Å². The first-order valence-corrected chi connectivity index (χ1v) is 10.6. The number of nitrogens with one attached hydrogen (secondary N) is 2. The Balaban J connectivity index is 1.58. The first kappa shape index (κ1) is 22.3. The average molecular weight is 421 g/mol. The largest absolute Gasteiger partial charge is 0.454 e. The first-order valence-electron chi connectivity index (χ1n) is 10.6. The molecule has 1 fully saturated rings. The molecule has 2 N–H and O–H groups in total. The highest BCUT2D eigenvalue weighted by Gasteiger charge is 2.26. The Morgan fingerprint density at radius 3 is 2.50 bits per heavy atom. The lowest BCUT2D eigenvalue weighted by Gasteiger charge is -2.35. The van der Waals surface area contributed by atoms with Crippen molar-refractivity contribution in [3.05, 3.63) is 23.8 Å². The van der Waals surface area contributed by atoms with Crippen molar-refractivity contribution in [2.45, 2.75) is 19.9 Å². The number of carbonyl (C=O) groups is 2. The van der Waals surface area contributed by atoms with Gasteiger partial charge >= 0.3 is 11.8 Å². The standard InChI is InChI=1S/C21H32N4O5/c1-3-24(4-2)8-7-22-20(26)21(27)23-14-17(25-9-11-28-12-10-25)16-5-6-18-19(13-16)30-15-29-18/h5-6,13,17H,3-4,7-12,14-15H2,1-2H3,(H,22,26)(H,23,27)/t17-/m1/s1. The maximum atomic E-state index is 12.3. The highest BCUT2D eigenvalue weighted by atomic mass is 16.7. The number of amides is 2. The molecule has 1 aromatic carbocycles. The predicted octanol–water partition coefficient (Wildman–Crippen LogP) is 0.363. The third kappa shape index (κ3) is 5.84. The average Bonchev–Trinajstić information content (AvgIpc) is 3.25. The van der Waals surface area contributed by atoms with Crippen molar-refractivity contribution < 1.29 is 23.8 Å². The smallest absolute Gasteiger partial charge is 0.309 e. The molecule has 0 radical (unpaired) electrons. The second-order valence-corrected chi connectivity index (χ2v) is 7.27. The van der Waals surface area contributed by atoms with Crippen molar-refractivity contribution in [3.8, 4) is 11.5 Å². The summed E-state index contributed by atoms with van der Waals surface area (Å²) >= 11 is 0. The summed E-state index contributed by atoms with van der Waals surface area (Å²) in [7, 11) is 0. The van der Waals surface area contributed by atoms with Gasteiger partial charge in [-0.25, -0.2) is 0 Å². The van der Waals surface area contributed by atoms with E-state index in [1.165, 1.54) is 0 Å². The molecule has 3 rings (SSSR count).